The molecule has 8 heteroatoms. The summed E-state index contributed by atoms with van der Waals surface area (Å²) in [5, 5.41) is 10.5. The van der Waals surface area contributed by atoms with E-state index in [1.165, 1.54) is 6.21 Å². The van der Waals surface area contributed by atoms with Crippen molar-refractivity contribution in [3.63, 3.8) is 0 Å². The number of aromatic nitrogens is 2. The Hall–Kier alpha value is -1.67. The molecule has 110 valence electrons. The van der Waals surface area contributed by atoms with Gasteiger partial charge in [0.05, 0.1) is 22.3 Å². The van der Waals surface area contributed by atoms with Crippen molar-refractivity contribution < 1.29 is 9.53 Å². The number of benzene rings is 1. The summed E-state index contributed by atoms with van der Waals surface area (Å²) in [5.41, 5.74) is 4.32. The van der Waals surface area contributed by atoms with Gasteiger partial charge in [0.25, 0.3) is 5.91 Å². The third-order valence-corrected chi connectivity index (χ3v) is 3.72. The molecule has 1 aromatic heterocycles. The van der Waals surface area contributed by atoms with E-state index in [-0.39, 0.29) is 5.91 Å². The van der Waals surface area contributed by atoms with Crippen LogP contribution in [0.25, 0.3) is 0 Å². The SMILES string of the molecule is COc1c(Br)cc(C=NNC(=O)c2cc(C)[nH]n2)cc1Br. The third kappa shape index (κ3) is 3.92. The zero-order valence-electron chi connectivity index (χ0n) is 11.3. The predicted molar refractivity (Wildman–Crippen MR) is 86.8 cm³/mol. The van der Waals surface area contributed by atoms with Crippen LogP contribution in [0.3, 0.4) is 0 Å². The molecule has 0 atom stereocenters. The average Bonchev–Trinajstić information content (AvgIpc) is 2.85. The van der Waals surface area contributed by atoms with Crippen molar-refractivity contribution in [2.24, 2.45) is 5.10 Å². The van der Waals surface area contributed by atoms with Crippen LogP contribution < -0.4 is 10.2 Å². The van der Waals surface area contributed by atoms with Crippen LogP contribution in [0, 0.1) is 6.92 Å². The van der Waals surface area contributed by atoms with Gasteiger partial charge in [-0.05, 0) is 62.5 Å². The number of hydrogen-bond donors (Lipinski definition) is 2. The molecule has 0 unspecified atom stereocenters. The molecule has 0 aliphatic rings. The highest BCUT2D eigenvalue weighted by Crippen LogP contribution is 2.33. The average molecular weight is 416 g/mol. The lowest BCUT2D eigenvalue weighted by Crippen LogP contribution is -2.18. The molecule has 2 aromatic rings. The maximum atomic E-state index is 11.7. The van der Waals surface area contributed by atoms with Gasteiger partial charge in [-0.1, -0.05) is 0 Å². The van der Waals surface area contributed by atoms with Crippen LogP contribution in [0.5, 0.6) is 5.75 Å². The molecule has 0 spiro atoms. The minimum atomic E-state index is -0.373. The Morgan fingerprint density at radius 1 is 1.38 bits per heavy atom. The van der Waals surface area contributed by atoms with Crippen molar-refractivity contribution in [1.82, 2.24) is 15.6 Å². The molecule has 0 saturated carbocycles. The maximum absolute atomic E-state index is 11.7. The van der Waals surface area contributed by atoms with Crippen LogP contribution in [0.2, 0.25) is 0 Å². The second kappa shape index (κ2) is 6.86. The molecule has 0 radical (unpaired) electrons. The molecule has 1 aromatic carbocycles. The topological polar surface area (TPSA) is 79.4 Å². The number of hydrogen-bond acceptors (Lipinski definition) is 4. The highest BCUT2D eigenvalue weighted by atomic mass is 79.9. The summed E-state index contributed by atoms with van der Waals surface area (Å²) >= 11 is 6.80. The number of H-pyrrole nitrogens is 1. The fourth-order valence-electron chi connectivity index (χ4n) is 1.61. The standard InChI is InChI=1S/C13H12Br2N4O2/c1-7-3-11(18-17-7)13(20)19-16-6-8-4-9(14)12(21-2)10(15)5-8/h3-6H,1-2H3,(H,17,18)(H,19,20). The first kappa shape index (κ1) is 15.7. The van der Waals surface area contributed by atoms with E-state index in [4.69, 9.17) is 4.74 Å². The van der Waals surface area contributed by atoms with Gasteiger partial charge in [-0.15, -0.1) is 0 Å². The van der Waals surface area contributed by atoms with Gasteiger partial charge in [-0.3, -0.25) is 9.89 Å². The molecule has 0 aliphatic heterocycles. The number of ether oxygens (including phenoxy) is 1. The first-order valence-corrected chi connectivity index (χ1v) is 7.48. The molecular formula is C13H12Br2N4O2. The molecule has 1 heterocycles. The van der Waals surface area contributed by atoms with E-state index in [9.17, 15) is 4.79 Å². The second-order valence-electron chi connectivity index (χ2n) is 4.15. The van der Waals surface area contributed by atoms with Crippen molar-refractivity contribution in [2.75, 3.05) is 7.11 Å². The van der Waals surface area contributed by atoms with Gasteiger partial charge < -0.3 is 4.74 Å². The molecule has 1 amide bonds. The summed E-state index contributed by atoms with van der Waals surface area (Å²) in [6.45, 7) is 1.82. The van der Waals surface area contributed by atoms with Gasteiger partial charge in [-0.2, -0.15) is 10.2 Å². The Morgan fingerprint density at radius 2 is 2.05 bits per heavy atom. The van der Waals surface area contributed by atoms with Crippen LogP contribution in [-0.2, 0) is 0 Å². The van der Waals surface area contributed by atoms with Gasteiger partial charge in [0.1, 0.15) is 5.75 Å². The van der Waals surface area contributed by atoms with Gasteiger partial charge in [0, 0.05) is 5.69 Å². The van der Waals surface area contributed by atoms with Crippen LogP contribution in [0.4, 0.5) is 0 Å². The Kier molecular flexibility index (Phi) is 5.13. The highest BCUT2D eigenvalue weighted by molar-refractivity contribution is 9.11. The number of amides is 1. The van der Waals surface area contributed by atoms with Gasteiger partial charge in [0.2, 0.25) is 0 Å². The Labute approximate surface area is 138 Å². The quantitative estimate of drug-likeness (QED) is 0.595. The van der Waals surface area contributed by atoms with E-state index in [0.29, 0.717) is 11.4 Å². The lowest BCUT2D eigenvalue weighted by atomic mass is 10.2. The number of nitrogens with one attached hydrogen (secondary N) is 2. The molecule has 0 saturated heterocycles. The Balaban J connectivity index is 2.06. The second-order valence-corrected chi connectivity index (χ2v) is 5.86. The molecule has 2 N–H and O–H groups in total. The molecular weight excluding hydrogens is 404 g/mol. The minimum absolute atomic E-state index is 0.293. The number of halogens is 2. The van der Waals surface area contributed by atoms with Gasteiger partial charge in [0.15, 0.2) is 5.69 Å². The van der Waals surface area contributed by atoms with E-state index >= 15 is 0 Å². The van der Waals surface area contributed by atoms with Crippen molar-refractivity contribution in [2.45, 2.75) is 6.92 Å². The normalized spacial score (nSPS) is 10.9. The van der Waals surface area contributed by atoms with Gasteiger partial charge in [-0.25, -0.2) is 5.43 Å². The smallest absolute Gasteiger partial charge is 0.291 e. The molecule has 0 bridgehead atoms. The molecule has 6 nitrogen and oxygen atoms in total. The van der Waals surface area contributed by atoms with Crippen LogP contribution >= 0.6 is 31.9 Å². The van der Waals surface area contributed by atoms with Crippen molar-refractivity contribution >= 4 is 44.0 Å². The number of rotatable bonds is 4. The van der Waals surface area contributed by atoms with Crippen molar-refractivity contribution in [3.05, 3.63) is 44.1 Å². The first-order chi connectivity index (χ1) is 10.0. The zero-order chi connectivity index (χ0) is 15.4. The first-order valence-electron chi connectivity index (χ1n) is 5.89. The van der Waals surface area contributed by atoms with Crippen molar-refractivity contribution in [1.29, 1.82) is 0 Å². The fraction of sp³-hybridized carbons (Fsp3) is 0.154. The molecule has 2 rings (SSSR count). The highest BCUT2D eigenvalue weighted by Gasteiger charge is 2.08. The van der Waals surface area contributed by atoms with Crippen LogP contribution in [0.15, 0.2) is 32.2 Å². The van der Waals surface area contributed by atoms with E-state index < -0.39 is 0 Å². The van der Waals surface area contributed by atoms with Crippen molar-refractivity contribution in [3.8, 4) is 5.75 Å². The summed E-state index contributed by atoms with van der Waals surface area (Å²) in [7, 11) is 1.59. The van der Waals surface area contributed by atoms with Crippen LogP contribution in [0.1, 0.15) is 21.7 Å². The number of aryl methyl sites for hydroxylation is 1. The summed E-state index contributed by atoms with van der Waals surface area (Å²) in [5.74, 6) is 0.324. The lowest BCUT2D eigenvalue weighted by Gasteiger charge is -2.06. The number of methoxy groups -OCH3 is 1. The zero-order valence-corrected chi connectivity index (χ0v) is 14.4. The van der Waals surface area contributed by atoms with Gasteiger partial charge >= 0.3 is 0 Å². The Morgan fingerprint density at radius 3 is 2.57 bits per heavy atom. The third-order valence-electron chi connectivity index (χ3n) is 2.54. The summed E-state index contributed by atoms with van der Waals surface area (Å²) < 4.78 is 6.79. The largest absolute Gasteiger partial charge is 0.494 e. The number of nitrogens with zero attached hydrogens (tertiary/aromatic N) is 2. The Bertz CT molecular complexity index is 674. The number of carbonyl (C=O) groups excluding carboxylic acids is 1. The lowest BCUT2D eigenvalue weighted by molar-refractivity contribution is 0.0950. The number of aromatic amines is 1. The van der Waals surface area contributed by atoms with E-state index in [1.54, 1.807) is 13.2 Å². The van der Waals surface area contributed by atoms with E-state index in [1.807, 2.05) is 19.1 Å². The van der Waals surface area contributed by atoms with E-state index in [2.05, 4.69) is 52.6 Å². The number of hydrazone groups is 1. The minimum Gasteiger partial charge on any atom is -0.494 e. The molecule has 0 aliphatic carbocycles. The molecule has 21 heavy (non-hydrogen) atoms. The summed E-state index contributed by atoms with van der Waals surface area (Å²) in [6, 6.07) is 5.31. The summed E-state index contributed by atoms with van der Waals surface area (Å²) in [6.07, 6.45) is 1.53. The number of carbonyl (C=O) groups is 1. The fourth-order valence-corrected chi connectivity index (χ4v) is 3.15. The summed E-state index contributed by atoms with van der Waals surface area (Å²) in [4.78, 5) is 11.7. The van der Waals surface area contributed by atoms with Crippen LogP contribution in [-0.4, -0.2) is 29.4 Å². The monoisotopic (exact) mass is 414 g/mol. The van der Waals surface area contributed by atoms with E-state index in [0.717, 1.165) is 20.2 Å². The molecule has 0 fully saturated rings. The maximum Gasteiger partial charge on any atom is 0.291 e. The predicted octanol–water partition coefficient (Wildman–Crippen LogP) is 3.02.